The number of nitrogens with zero attached hydrogens (tertiary/aromatic N) is 2. The smallest absolute Gasteiger partial charge is 0.0561 e. The Bertz CT molecular complexity index is 304. The van der Waals surface area contributed by atoms with Crippen LogP contribution in [0.1, 0.15) is 20.8 Å². The third-order valence-corrected chi connectivity index (χ3v) is 2.28. The molecule has 78 valence electrons. The summed E-state index contributed by atoms with van der Waals surface area (Å²) in [5.41, 5.74) is 1.45. The fourth-order valence-corrected chi connectivity index (χ4v) is 1.76. The highest BCUT2D eigenvalue weighted by Crippen LogP contribution is 2.21. The molecular weight excluding hydrogens is 240 g/mol. The molecule has 1 aromatic heterocycles. The first-order chi connectivity index (χ1) is 6.38. The molecule has 0 saturated carbocycles. The second kappa shape index (κ2) is 4.30. The number of aromatic nitrogens is 1. The third kappa shape index (κ3) is 3.66. The number of rotatable bonds is 2. The van der Waals surface area contributed by atoms with Gasteiger partial charge in [-0.25, -0.2) is 0 Å². The maximum Gasteiger partial charge on any atom is 0.0561 e. The number of hydrogen-bond donors (Lipinski definition) is 0. The second-order valence-electron chi connectivity index (χ2n) is 4.78. The molecule has 0 aliphatic heterocycles. The van der Waals surface area contributed by atoms with E-state index in [2.05, 4.69) is 59.7 Å². The second-order valence-corrected chi connectivity index (χ2v) is 5.69. The van der Waals surface area contributed by atoms with Crippen LogP contribution in [0.4, 0.5) is 5.69 Å². The van der Waals surface area contributed by atoms with Crippen molar-refractivity contribution in [2.24, 2.45) is 5.41 Å². The lowest BCUT2D eigenvalue weighted by Gasteiger charge is -2.28. The van der Waals surface area contributed by atoms with Crippen LogP contribution in [0.25, 0.3) is 0 Å². The minimum Gasteiger partial charge on any atom is -0.373 e. The zero-order valence-electron chi connectivity index (χ0n) is 9.21. The molecule has 0 aliphatic rings. The highest BCUT2D eigenvalue weighted by molar-refractivity contribution is 9.10. The monoisotopic (exact) mass is 256 g/mol. The van der Waals surface area contributed by atoms with Gasteiger partial charge in [-0.1, -0.05) is 20.8 Å². The van der Waals surface area contributed by atoms with Crippen LogP contribution in [0.15, 0.2) is 22.9 Å². The lowest BCUT2D eigenvalue weighted by molar-refractivity contribution is 0.419. The van der Waals surface area contributed by atoms with Gasteiger partial charge in [-0.15, -0.1) is 0 Å². The van der Waals surface area contributed by atoms with Gasteiger partial charge in [-0.3, -0.25) is 4.98 Å². The van der Waals surface area contributed by atoms with Crippen molar-refractivity contribution in [2.75, 3.05) is 18.5 Å². The van der Waals surface area contributed by atoms with E-state index in [0.29, 0.717) is 5.41 Å². The molecule has 0 fully saturated rings. The van der Waals surface area contributed by atoms with Crippen molar-refractivity contribution < 1.29 is 0 Å². The van der Waals surface area contributed by atoms with Crippen molar-refractivity contribution >= 4 is 21.6 Å². The van der Waals surface area contributed by atoms with Gasteiger partial charge in [0.1, 0.15) is 0 Å². The van der Waals surface area contributed by atoms with Crippen molar-refractivity contribution in [3.8, 4) is 0 Å². The zero-order chi connectivity index (χ0) is 10.8. The predicted molar refractivity (Wildman–Crippen MR) is 64.7 cm³/mol. The molecule has 0 saturated heterocycles. The summed E-state index contributed by atoms with van der Waals surface area (Å²) in [6.45, 7) is 7.71. The molecule has 1 aromatic rings. The third-order valence-electron chi connectivity index (χ3n) is 1.84. The molecule has 0 spiro atoms. The molecule has 3 heteroatoms. The standard InChI is InChI=1S/C11H17BrN2/c1-11(2,3)8-14(4)10-5-9(12)6-13-7-10/h5-7H,8H2,1-4H3. The molecule has 1 rings (SSSR count). The van der Waals surface area contributed by atoms with E-state index < -0.39 is 0 Å². The number of halogens is 1. The Morgan fingerprint density at radius 2 is 2.00 bits per heavy atom. The van der Waals surface area contributed by atoms with Gasteiger partial charge in [0, 0.05) is 24.3 Å². The topological polar surface area (TPSA) is 16.1 Å². The number of pyridine rings is 1. The summed E-state index contributed by atoms with van der Waals surface area (Å²) in [6, 6.07) is 2.08. The van der Waals surface area contributed by atoms with Gasteiger partial charge in [-0.05, 0) is 27.4 Å². The van der Waals surface area contributed by atoms with Gasteiger partial charge in [0.05, 0.1) is 11.9 Å². The summed E-state index contributed by atoms with van der Waals surface area (Å²) in [6.07, 6.45) is 3.69. The van der Waals surface area contributed by atoms with E-state index in [1.807, 2.05) is 6.20 Å². The van der Waals surface area contributed by atoms with E-state index in [9.17, 15) is 0 Å². The summed E-state index contributed by atoms with van der Waals surface area (Å²) in [4.78, 5) is 6.37. The van der Waals surface area contributed by atoms with E-state index >= 15 is 0 Å². The van der Waals surface area contributed by atoms with Gasteiger partial charge in [0.15, 0.2) is 0 Å². The Labute approximate surface area is 94.5 Å². The molecule has 2 nitrogen and oxygen atoms in total. The fraction of sp³-hybridized carbons (Fsp3) is 0.545. The molecule has 0 amide bonds. The van der Waals surface area contributed by atoms with Crippen LogP contribution in [-0.2, 0) is 0 Å². The zero-order valence-corrected chi connectivity index (χ0v) is 10.8. The van der Waals surface area contributed by atoms with Crippen molar-refractivity contribution in [1.82, 2.24) is 4.98 Å². The van der Waals surface area contributed by atoms with Gasteiger partial charge >= 0.3 is 0 Å². The highest BCUT2D eigenvalue weighted by Gasteiger charge is 2.14. The Balaban J connectivity index is 2.74. The normalized spacial score (nSPS) is 11.5. The molecule has 1 heterocycles. The van der Waals surface area contributed by atoms with Crippen molar-refractivity contribution in [1.29, 1.82) is 0 Å². The van der Waals surface area contributed by atoms with Crippen LogP contribution in [0, 0.1) is 5.41 Å². The fourth-order valence-electron chi connectivity index (χ4n) is 1.41. The maximum absolute atomic E-state index is 4.15. The molecular formula is C11H17BrN2. The first-order valence-electron chi connectivity index (χ1n) is 4.70. The van der Waals surface area contributed by atoms with Gasteiger partial charge < -0.3 is 4.90 Å². The number of anilines is 1. The number of hydrogen-bond acceptors (Lipinski definition) is 2. The summed E-state index contributed by atoms with van der Waals surface area (Å²) >= 11 is 3.42. The Hall–Kier alpha value is -0.570. The van der Waals surface area contributed by atoms with E-state index in [-0.39, 0.29) is 0 Å². The minimum absolute atomic E-state index is 0.303. The molecule has 0 bridgehead atoms. The summed E-state index contributed by atoms with van der Waals surface area (Å²) in [5.74, 6) is 0. The Kier molecular flexibility index (Phi) is 3.53. The largest absolute Gasteiger partial charge is 0.373 e. The molecule has 0 unspecified atom stereocenters. The Morgan fingerprint density at radius 1 is 1.36 bits per heavy atom. The molecule has 0 aliphatic carbocycles. The molecule has 0 atom stereocenters. The molecule has 14 heavy (non-hydrogen) atoms. The minimum atomic E-state index is 0.303. The molecule has 0 aromatic carbocycles. The molecule has 0 N–H and O–H groups in total. The summed E-state index contributed by atoms with van der Waals surface area (Å²) in [5, 5.41) is 0. The SMILES string of the molecule is CN(CC(C)(C)C)c1cncc(Br)c1. The van der Waals surface area contributed by atoms with E-state index in [0.717, 1.165) is 16.7 Å². The van der Waals surface area contributed by atoms with Crippen LogP contribution in [0.3, 0.4) is 0 Å². The van der Waals surface area contributed by atoms with E-state index in [1.54, 1.807) is 6.20 Å². The maximum atomic E-state index is 4.15. The Morgan fingerprint density at radius 3 is 2.50 bits per heavy atom. The van der Waals surface area contributed by atoms with Gasteiger partial charge in [-0.2, -0.15) is 0 Å². The first-order valence-corrected chi connectivity index (χ1v) is 5.49. The van der Waals surface area contributed by atoms with E-state index in [1.165, 1.54) is 0 Å². The van der Waals surface area contributed by atoms with Crippen LogP contribution < -0.4 is 4.90 Å². The van der Waals surface area contributed by atoms with Crippen molar-refractivity contribution in [3.05, 3.63) is 22.9 Å². The molecule has 0 radical (unpaired) electrons. The van der Waals surface area contributed by atoms with Gasteiger partial charge in [0.2, 0.25) is 0 Å². The van der Waals surface area contributed by atoms with Crippen LogP contribution in [-0.4, -0.2) is 18.6 Å². The average Bonchev–Trinajstić information content (AvgIpc) is 2.01. The lowest BCUT2D eigenvalue weighted by Crippen LogP contribution is -2.29. The average molecular weight is 257 g/mol. The summed E-state index contributed by atoms with van der Waals surface area (Å²) in [7, 11) is 2.09. The lowest BCUT2D eigenvalue weighted by atomic mass is 9.96. The van der Waals surface area contributed by atoms with Crippen LogP contribution in [0.5, 0.6) is 0 Å². The highest BCUT2D eigenvalue weighted by atomic mass is 79.9. The summed E-state index contributed by atoms with van der Waals surface area (Å²) < 4.78 is 1.02. The predicted octanol–water partition coefficient (Wildman–Crippen LogP) is 3.33. The van der Waals surface area contributed by atoms with Crippen LogP contribution in [0.2, 0.25) is 0 Å². The van der Waals surface area contributed by atoms with Gasteiger partial charge in [0.25, 0.3) is 0 Å². The van der Waals surface area contributed by atoms with E-state index in [4.69, 9.17) is 0 Å². The quantitative estimate of drug-likeness (QED) is 0.807. The van der Waals surface area contributed by atoms with Crippen LogP contribution >= 0.6 is 15.9 Å². The van der Waals surface area contributed by atoms with Crippen molar-refractivity contribution in [3.63, 3.8) is 0 Å². The van der Waals surface area contributed by atoms with Crippen molar-refractivity contribution in [2.45, 2.75) is 20.8 Å². The first kappa shape index (κ1) is 11.5.